The number of benzene rings is 2. The molecule has 0 aliphatic carbocycles. The summed E-state index contributed by atoms with van der Waals surface area (Å²) in [5, 5.41) is 0. The number of carbonyl (C=O) groups is 1. The highest BCUT2D eigenvalue weighted by atomic mass is 19.1. The highest BCUT2D eigenvalue weighted by Gasteiger charge is 2.09. The van der Waals surface area contributed by atoms with Crippen molar-refractivity contribution in [2.75, 3.05) is 7.11 Å². The predicted octanol–water partition coefficient (Wildman–Crippen LogP) is 3.31. The summed E-state index contributed by atoms with van der Waals surface area (Å²) in [6.45, 7) is 0. The van der Waals surface area contributed by atoms with E-state index in [4.69, 9.17) is 4.74 Å². The maximum absolute atomic E-state index is 12.8. The zero-order valence-corrected chi connectivity index (χ0v) is 9.31. The van der Waals surface area contributed by atoms with Crippen LogP contribution in [0.4, 0.5) is 4.39 Å². The number of para-hydroxylation sites is 1. The average molecular weight is 230 g/mol. The lowest BCUT2D eigenvalue weighted by atomic mass is 10.0. The van der Waals surface area contributed by atoms with Gasteiger partial charge in [-0.2, -0.15) is 0 Å². The van der Waals surface area contributed by atoms with E-state index in [1.807, 2.05) is 6.07 Å². The van der Waals surface area contributed by atoms with Crippen LogP contribution in [0.2, 0.25) is 0 Å². The Labute approximate surface area is 98.7 Å². The van der Waals surface area contributed by atoms with E-state index in [0.717, 1.165) is 17.4 Å². The first-order chi connectivity index (χ1) is 8.26. The van der Waals surface area contributed by atoms with Crippen molar-refractivity contribution in [3.8, 4) is 16.9 Å². The van der Waals surface area contributed by atoms with Gasteiger partial charge in [0.25, 0.3) is 0 Å². The summed E-state index contributed by atoms with van der Waals surface area (Å²) in [6, 6.07) is 11.3. The first-order valence-corrected chi connectivity index (χ1v) is 5.14. The second-order valence-corrected chi connectivity index (χ2v) is 3.55. The van der Waals surface area contributed by atoms with Crippen LogP contribution in [0.5, 0.6) is 5.75 Å². The normalized spacial score (nSPS) is 10.0. The van der Waals surface area contributed by atoms with Crippen molar-refractivity contribution < 1.29 is 13.9 Å². The van der Waals surface area contributed by atoms with Crippen LogP contribution in [0.3, 0.4) is 0 Å². The molecule has 0 N–H and O–H groups in total. The number of ether oxygens (including phenoxy) is 1. The lowest BCUT2D eigenvalue weighted by molar-refractivity contribution is 0.112. The molecule has 0 bridgehead atoms. The molecule has 86 valence electrons. The van der Waals surface area contributed by atoms with Crippen molar-refractivity contribution in [1.29, 1.82) is 0 Å². The Morgan fingerprint density at radius 2 is 1.82 bits per heavy atom. The Hall–Kier alpha value is -2.16. The van der Waals surface area contributed by atoms with Crippen LogP contribution in [0.15, 0.2) is 42.5 Å². The fourth-order valence-electron chi connectivity index (χ4n) is 1.73. The smallest absolute Gasteiger partial charge is 0.153 e. The second-order valence-electron chi connectivity index (χ2n) is 3.55. The lowest BCUT2D eigenvalue weighted by Crippen LogP contribution is -1.93. The average Bonchev–Trinajstić information content (AvgIpc) is 2.38. The molecule has 2 rings (SSSR count). The quantitative estimate of drug-likeness (QED) is 0.756. The Balaban J connectivity index is 2.58. The standard InChI is InChI=1S/C14H11FO2/c1-17-14-11(9-16)3-2-4-13(14)10-5-7-12(15)8-6-10/h2-9H,1H3. The minimum absolute atomic E-state index is 0.292. The van der Waals surface area contributed by atoms with Crippen LogP contribution in [0, 0.1) is 5.82 Å². The van der Waals surface area contributed by atoms with E-state index in [1.54, 1.807) is 24.3 Å². The minimum Gasteiger partial charge on any atom is -0.495 e. The summed E-state index contributed by atoms with van der Waals surface area (Å²) in [7, 11) is 1.51. The van der Waals surface area contributed by atoms with Gasteiger partial charge in [-0.3, -0.25) is 4.79 Å². The van der Waals surface area contributed by atoms with Crippen molar-refractivity contribution in [3.05, 3.63) is 53.8 Å². The van der Waals surface area contributed by atoms with Crippen LogP contribution >= 0.6 is 0 Å². The molecule has 0 heterocycles. The molecule has 0 saturated heterocycles. The summed E-state index contributed by atoms with van der Waals surface area (Å²) in [5.41, 5.74) is 2.07. The molecule has 0 atom stereocenters. The summed E-state index contributed by atoms with van der Waals surface area (Å²) < 4.78 is 18.1. The van der Waals surface area contributed by atoms with E-state index < -0.39 is 0 Å². The molecule has 0 spiro atoms. The highest BCUT2D eigenvalue weighted by Crippen LogP contribution is 2.32. The number of methoxy groups -OCH3 is 1. The van der Waals surface area contributed by atoms with Gasteiger partial charge in [-0.05, 0) is 23.8 Å². The molecule has 0 amide bonds. The molecular weight excluding hydrogens is 219 g/mol. The van der Waals surface area contributed by atoms with Crippen LogP contribution in [-0.4, -0.2) is 13.4 Å². The largest absolute Gasteiger partial charge is 0.495 e. The number of halogens is 1. The van der Waals surface area contributed by atoms with Crippen molar-refractivity contribution >= 4 is 6.29 Å². The van der Waals surface area contributed by atoms with Crippen LogP contribution in [0.25, 0.3) is 11.1 Å². The fraction of sp³-hybridized carbons (Fsp3) is 0.0714. The third-order valence-corrected chi connectivity index (χ3v) is 2.53. The molecule has 2 nitrogen and oxygen atoms in total. The van der Waals surface area contributed by atoms with Gasteiger partial charge < -0.3 is 4.74 Å². The first-order valence-electron chi connectivity index (χ1n) is 5.14. The molecule has 0 unspecified atom stereocenters. The van der Waals surface area contributed by atoms with Gasteiger partial charge >= 0.3 is 0 Å². The summed E-state index contributed by atoms with van der Waals surface area (Å²) in [5.74, 6) is 0.216. The number of hydrogen-bond donors (Lipinski definition) is 0. The van der Waals surface area contributed by atoms with Crippen molar-refractivity contribution in [2.24, 2.45) is 0 Å². The summed E-state index contributed by atoms with van der Waals surface area (Å²) in [4.78, 5) is 10.9. The third-order valence-electron chi connectivity index (χ3n) is 2.53. The van der Waals surface area contributed by atoms with E-state index in [-0.39, 0.29) is 5.82 Å². The lowest BCUT2D eigenvalue weighted by Gasteiger charge is -2.10. The van der Waals surface area contributed by atoms with Gasteiger partial charge in [0.15, 0.2) is 6.29 Å². The Morgan fingerprint density at radius 1 is 1.12 bits per heavy atom. The van der Waals surface area contributed by atoms with Gasteiger partial charge in [0, 0.05) is 5.56 Å². The van der Waals surface area contributed by atoms with Gasteiger partial charge in [-0.15, -0.1) is 0 Å². The fourth-order valence-corrected chi connectivity index (χ4v) is 1.73. The molecule has 17 heavy (non-hydrogen) atoms. The molecule has 2 aromatic rings. The molecular formula is C14H11FO2. The zero-order chi connectivity index (χ0) is 12.3. The third kappa shape index (κ3) is 2.18. The van der Waals surface area contributed by atoms with Crippen LogP contribution < -0.4 is 4.74 Å². The molecule has 2 aromatic carbocycles. The molecule has 3 heteroatoms. The van der Waals surface area contributed by atoms with E-state index >= 15 is 0 Å². The van der Waals surface area contributed by atoms with E-state index in [0.29, 0.717) is 11.3 Å². The van der Waals surface area contributed by atoms with Crippen molar-refractivity contribution in [2.45, 2.75) is 0 Å². The Kier molecular flexibility index (Phi) is 3.19. The van der Waals surface area contributed by atoms with E-state index in [9.17, 15) is 9.18 Å². The molecule has 0 fully saturated rings. The summed E-state index contributed by atoms with van der Waals surface area (Å²) in [6.07, 6.45) is 0.742. The number of hydrogen-bond acceptors (Lipinski definition) is 2. The number of carbonyl (C=O) groups excluding carboxylic acids is 1. The predicted molar refractivity (Wildman–Crippen MR) is 63.8 cm³/mol. The van der Waals surface area contributed by atoms with Gasteiger partial charge in [0.1, 0.15) is 11.6 Å². The Morgan fingerprint density at radius 3 is 2.41 bits per heavy atom. The molecule has 0 aromatic heterocycles. The van der Waals surface area contributed by atoms with Crippen LogP contribution in [0.1, 0.15) is 10.4 Å². The highest BCUT2D eigenvalue weighted by molar-refractivity contribution is 5.86. The van der Waals surface area contributed by atoms with Crippen molar-refractivity contribution in [1.82, 2.24) is 0 Å². The van der Waals surface area contributed by atoms with Crippen LogP contribution in [-0.2, 0) is 0 Å². The van der Waals surface area contributed by atoms with Gasteiger partial charge in [0.2, 0.25) is 0 Å². The van der Waals surface area contributed by atoms with Crippen molar-refractivity contribution in [3.63, 3.8) is 0 Å². The van der Waals surface area contributed by atoms with Gasteiger partial charge in [0.05, 0.1) is 12.7 Å². The summed E-state index contributed by atoms with van der Waals surface area (Å²) >= 11 is 0. The second kappa shape index (κ2) is 4.78. The maximum Gasteiger partial charge on any atom is 0.153 e. The van der Waals surface area contributed by atoms with E-state index in [2.05, 4.69) is 0 Å². The Bertz CT molecular complexity index is 532. The first kappa shape index (κ1) is 11.3. The van der Waals surface area contributed by atoms with Gasteiger partial charge in [-0.25, -0.2) is 4.39 Å². The number of rotatable bonds is 3. The zero-order valence-electron chi connectivity index (χ0n) is 9.31. The van der Waals surface area contributed by atoms with Gasteiger partial charge in [-0.1, -0.05) is 24.3 Å². The maximum atomic E-state index is 12.8. The molecule has 0 aliphatic rings. The van der Waals surface area contributed by atoms with E-state index in [1.165, 1.54) is 19.2 Å². The SMILES string of the molecule is COc1c(C=O)cccc1-c1ccc(F)cc1. The minimum atomic E-state index is -0.292. The monoisotopic (exact) mass is 230 g/mol. The topological polar surface area (TPSA) is 26.3 Å². The molecule has 0 saturated carbocycles. The number of aldehydes is 1. The molecule has 0 radical (unpaired) electrons. The molecule has 0 aliphatic heterocycles.